The van der Waals surface area contributed by atoms with Gasteiger partial charge in [0.15, 0.2) is 0 Å². The molecule has 0 bridgehead atoms. The van der Waals surface area contributed by atoms with E-state index >= 15 is 0 Å². The van der Waals surface area contributed by atoms with Crippen LogP contribution in [-0.2, 0) is 5.88 Å². The molecule has 2 aromatic rings. The molecule has 0 aliphatic heterocycles. The van der Waals surface area contributed by atoms with Gasteiger partial charge in [-0.2, -0.15) is 10.2 Å². The minimum atomic E-state index is -1.16. The van der Waals surface area contributed by atoms with Gasteiger partial charge in [0.2, 0.25) is 0 Å². The number of rotatable bonds is 1. The van der Waals surface area contributed by atoms with Crippen molar-refractivity contribution in [3.05, 3.63) is 55.5 Å². The standard InChI is InChI=1S/C5H5ClN2.C3Cl3N3O3/c6-4-5-2-1-3-7-8-5;4-7-1(10)8(5)3(12)9(6)2(7)11/h1-3H,4H2;. The Morgan fingerprint density at radius 1 is 0.950 bits per heavy atom. The van der Waals surface area contributed by atoms with E-state index in [0.29, 0.717) is 5.88 Å². The van der Waals surface area contributed by atoms with Crippen LogP contribution in [0.3, 0.4) is 0 Å². The summed E-state index contributed by atoms with van der Waals surface area (Å²) < 4.78 is 0.254. The monoisotopic (exact) mass is 359 g/mol. The van der Waals surface area contributed by atoms with E-state index in [2.05, 4.69) is 10.2 Å². The first kappa shape index (κ1) is 16.7. The summed E-state index contributed by atoms with van der Waals surface area (Å²) in [6.07, 6.45) is 1.62. The smallest absolute Gasteiger partial charge is 0.244 e. The largest absolute Gasteiger partial charge is 0.366 e. The Labute approximate surface area is 131 Å². The lowest BCUT2D eigenvalue weighted by Gasteiger charge is -1.96. The van der Waals surface area contributed by atoms with Crippen LogP contribution in [-0.4, -0.2) is 22.5 Å². The lowest BCUT2D eigenvalue weighted by Crippen LogP contribution is -2.47. The van der Waals surface area contributed by atoms with Gasteiger partial charge in [0, 0.05) is 41.5 Å². The van der Waals surface area contributed by atoms with Crippen LogP contribution in [0.15, 0.2) is 32.7 Å². The third-order valence-electron chi connectivity index (χ3n) is 1.77. The highest BCUT2D eigenvalue weighted by Gasteiger charge is 2.10. The summed E-state index contributed by atoms with van der Waals surface area (Å²) in [5.41, 5.74) is -2.67. The number of aromatic nitrogens is 5. The molecular weight excluding hydrogens is 356 g/mol. The summed E-state index contributed by atoms with van der Waals surface area (Å²) in [5.74, 6) is 0.438. The van der Waals surface area contributed by atoms with Crippen molar-refractivity contribution in [3.63, 3.8) is 0 Å². The molecule has 12 heteroatoms. The summed E-state index contributed by atoms with van der Waals surface area (Å²) >= 11 is 20.7. The predicted octanol–water partition coefficient (Wildman–Crippen LogP) is 0.393. The first-order valence-electron chi connectivity index (χ1n) is 4.72. The highest BCUT2D eigenvalue weighted by molar-refractivity contribution is 6.19. The van der Waals surface area contributed by atoms with Crippen molar-refractivity contribution in [1.82, 2.24) is 22.5 Å². The SMILES string of the molecule is ClCc1cccnn1.O=c1n(Cl)c(=O)n(Cl)c(=O)n1Cl. The summed E-state index contributed by atoms with van der Waals surface area (Å²) in [4.78, 5) is 32.3. The zero-order valence-corrected chi connectivity index (χ0v) is 12.4. The van der Waals surface area contributed by atoms with Gasteiger partial charge in [-0.15, -0.1) is 23.9 Å². The molecule has 0 radical (unpaired) electrons. The molecule has 0 aromatic carbocycles. The maximum atomic E-state index is 10.8. The van der Waals surface area contributed by atoms with E-state index in [1.165, 1.54) is 0 Å². The fourth-order valence-electron chi connectivity index (χ4n) is 0.881. The van der Waals surface area contributed by atoms with Crippen LogP contribution >= 0.6 is 46.9 Å². The topological polar surface area (TPSA) is 91.8 Å². The first-order valence-corrected chi connectivity index (χ1v) is 6.27. The van der Waals surface area contributed by atoms with Gasteiger partial charge < -0.3 is 0 Å². The van der Waals surface area contributed by atoms with Crippen molar-refractivity contribution >= 4 is 46.9 Å². The minimum Gasteiger partial charge on any atom is -0.244 e. The van der Waals surface area contributed by atoms with E-state index in [4.69, 9.17) is 46.9 Å². The zero-order chi connectivity index (χ0) is 15.3. The molecule has 0 unspecified atom stereocenters. The quantitative estimate of drug-likeness (QED) is 0.686. The van der Waals surface area contributed by atoms with Gasteiger partial charge in [-0.1, -0.05) is 0 Å². The van der Waals surface area contributed by atoms with Crippen LogP contribution in [0.5, 0.6) is 0 Å². The van der Waals surface area contributed by atoms with Crippen molar-refractivity contribution in [2.24, 2.45) is 0 Å². The van der Waals surface area contributed by atoms with Crippen LogP contribution in [0.4, 0.5) is 0 Å². The average Bonchev–Trinajstić information content (AvgIpc) is 2.50. The van der Waals surface area contributed by atoms with Crippen molar-refractivity contribution < 1.29 is 0 Å². The van der Waals surface area contributed by atoms with Gasteiger partial charge in [0.05, 0.1) is 11.6 Å². The van der Waals surface area contributed by atoms with Crippen LogP contribution in [0, 0.1) is 0 Å². The van der Waals surface area contributed by atoms with Gasteiger partial charge in [-0.3, -0.25) is 0 Å². The third kappa shape index (κ3) is 3.83. The van der Waals surface area contributed by atoms with Gasteiger partial charge in [-0.05, 0) is 12.1 Å². The Hall–Kier alpha value is -1.35. The molecule has 0 aliphatic carbocycles. The maximum Gasteiger partial charge on any atom is 0.366 e. The number of alkyl halides is 1. The van der Waals surface area contributed by atoms with Crippen LogP contribution in [0.25, 0.3) is 0 Å². The van der Waals surface area contributed by atoms with E-state index in [9.17, 15) is 14.4 Å². The second-order valence-electron chi connectivity index (χ2n) is 3.04. The van der Waals surface area contributed by atoms with E-state index in [0.717, 1.165) is 5.69 Å². The van der Waals surface area contributed by atoms with Crippen molar-refractivity contribution in [3.8, 4) is 0 Å². The van der Waals surface area contributed by atoms with Gasteiger partial charge in [-0.25, -0.2) is 14.4 Å². The molecule has 0 spiro atoms. The minimum absolute atomic E-state index is 0.0847. The molecule has 2 heterocycles. The number of hydrogen-bond donors (Lipinski definition) is 0. The number of nitrogens with zero attached hydrogens (tertiary/aromatic N) is 5. The summed E-state index contributed by atoms with van der Waals surface area (Å²) in [6.45, 7) is 0. The molecular formula is C8H5Cl4N5O3. The molecule has 0 N–H and O–H groups in total. The van der Waals surface area contributed by atoms with E-state index in [1.54, 1.807) is 6.20 Å². The van der Waals surface area contributed by atoms with Crippen LogP contribution in [0.2, 0.25) is 0 Å². The Kier molecular flexibility index (Phi) is 6.21. The van der Waals surface area contributed by atoms with Crippen molar-refractivity contribution in [2.45, 2.75) is 5.88 Å². The Balaban J connectivity index is 0.000000217. The van der Waals surface area contributed by atoms with Gasteiger partial charge in [0.1, 0.15) is 0 Å². The molecule has 20 heavy (non-hydrogen) atoms. The fourth-order valence-corrected chi connectivity index (χ4v) is 1.59. The molecule has 108 valence electrons. The summed E-state index contributed by atoms with van der Waals surface area (Å²) in [5, 5.41) is 7.34. The molecule has 2 rings (SSSR count). The maximum absolute atomic E-state index is 10.8. The lowest BCUT2D eigenvalue weighted by atomic mass is 10.4. The van der Waals surface area contributed by atoms with E-state index in [1.807, 2.05) is 12.1 Å². The Morgan fingerprint density at radius 3 is 1.65 bits per heavy atom. The molecule has 0 saturated carbocycles. The summed E-state index contributed by atoms with van der Waals surface area (Å²) in [7, 11) is 0. The fraction of sp³-hybridized carbons (Fsp3) is 0.125. The molecule has 0 amide bonds. The average molecular weight is 361 g/mol. The van der Waals surface area contributed by atoms with Crippen molar-refractivity contribution in [1.29, 1.82) is 0 Å². The first-order chi connectivity index (χ1) is 9.40. The highest BCUT2D eigenvalue weighted by atomic mass is 35.5. The Bertz CT molecular complexity index is 652. The zero-order valence-electron chi connectivity index (χ0n) is 9.41. The molecule has 8 nitrogen and oxygen atoms in total. The van der Waals surface area contributed by atoms with E-state index in [-0.39, 0.29) is 12.3 Å². The third-order valence-corrected chi connectivity index (χ3v) is 2.91. The molecule has 0 fully saturated rings. The van der Waals surface area contributed by atoms with Crippen LogP contribution in [0.1, 0.15) is 5.69 Å². The second-order valence-corrected chi connectivity index (χ2v) is 4.32. The molecule has 0 atom stereocenters. The molecule has 2 aromatic heterocycles. The number of halogens is 4. The Morgan fingerprint density at radius 2 is 1.40 bits per heavy atom. The normalized spacial score (nSPS) is 9.80. The molecule has 0 saturated heterocycles. The van der Waals surface area contributed by atoms with Crippen molar-refractivity contribution in [2.75, 3.05) is 0 Å². The van der Waals surface area contributed by atoms with Gasteiger partial charge >= 0.3 is 17.1 Å². The molecule has 0 aliphatic rings. The predicted molar refractivity (Wildman–Crippen MR) is 74.6 cm³/mol. The highest BCUT2D eigenvalue weighted by Crippen LogP contribution is 1.93. The van der Waals surface area contributed by atoms with Crippen LogP contribution < -0.4 is 17.1 Å². The lowest BCUT2D eigenvalue weighted by molar-refractivity contribution is 0.770. The number of hydrogen-bond acceptors (Lipinski definition) is 5. The van der Waals surface area contributed by atoms with Gasteiger partial charge in [0.25, 0.3) is 0 Å². The summed E-state index contributed by atoms with van der Waals surface area (Å²) in [6, 6.07) is 3.64. The van der Waals surface area contributed by atoms with E-state index < -0.39 is 17.1 Å². The second kappa shape index (κ2) is 7.44.